The third-order valence-electron chi connectivity index (χ3n) is 2.07. The fourth-order valence-corrected chi connectivity index (χ4v) is 1.24. The molecule has 1 rings (SSSR count). The summed E-state index contributed by atoms with van der Waals surface area (Å²) < 4.78 is 6.41. The third kappa shape index (κ3) is 2.56. The minimum atomic E-state index is -0.258. The maximum Gasteiger partial charge on any atom is 0.306 e. The van der Waals surface area contributed by atoms with E-state index in [0.29, 0.717) is 6.54 Å². The Morgan fingerprint density at radius 3 is 2.93 bits per heavy atom. The maximum atomic E-state index is 11.0. The zero-order valence-electron chi connectivity index (χ0n) is 8.43. The molecule has 2 N–H and O–H groups in total. The van der Waals surface area contributed by atoms with Gasteiger partial charge in [0, 0.05) is 25.7 Å². The molecular formula is C9H15N3O2. The summed E-state index contributed by atoms with van der Waals surface area (Å²) in [6, 6.07) is 0. The number of rotatable bonds is 4. The van der Waals surface area contributed by atoms with E-state index in [1.165, 1.54) is 7.11 Å². The summed E-state index contributed by atoms with van der Waals surface area (Å²) in [6.45, 7) is 0.395. The molecule has 5 nitrogen and oxygen atoms in total. The Hall–Kier alpha value is -1.36. The second kappa shape index (κ2) is 4.76. The first-order chi connectivity index (χ1) is 6.67. The molecule has 0 aliphatic rings. The molecule has 0 bridgehead atoms. The second-order valence-electron chi connectivity index (χ2n) is 3.18. The highest BCUT2D eigenvalue weighted by Crippen LogP contribution is 2.16. The van der Waals surface area contributed by atoms with Gasteiger partial charge in [0.15, 0.2) is 0 Å². The topological polar surface area (TPSA) is 70.1 Å². The van der Waals surface area contributed by atoms with Crippen LogP contribution in [0, 0.1) is 0 Å². The molecule has 1 heterocycles. The predicted molar refractivity (Wildman–Crippen MR) is 51.6 cm³/mol. The van der Waals surface area contributed by atoms with E-state index in [4.69, 9.17) is 5.73 Å². The van der Waals surface area contributed by atoms with Crippen molar-refractivity contribution in [1.82, 2.24) is 9.55 Å². The van der Waals surface area contributed by atoms with Crippen LogP contribution in [0.15, 0.2) is 12.5 Å². The number of nitrogens with zero attached hydrogens (tertiary/aromatic N) is 2. The fourth-order valence-electron chi connectivity index (χ4n) is 1.24. The summed E-state index contributed by atoms with van der Waals surface area (Å²) in [5.74, 6) is -0.310. The molecular weight excluding hydrogens is 182 g/mol. The number of carbonyl (C=O) groups excluding carboxylic acids is 1. The van der Waals surface area contributed by atoms with Crippen molar-refractivity contribution in [3.63, 3.8) is 0 Å². The van der Waals surface area contributed by atoms with Crippen molar-refractivity contribution in [1.29, 1.82) is 0 Å². The van der Waals surface area contributed by atoms with Gasteiger partial charge >= 0.3 is 5.97 Å². The number of esters is 1. The van der Waals surface area contributed by atoms with E-state index >= 15 is 0 Å². The van der Waals surface area contributed by atoms with Gasteiger partial charge in [0.25, 0.3) is 0 Å². The maximum absolute atomic E-state index is 11.0. The lowest BCUT2D eigenvalue weighted by atomic mass is 10.0. The quantitative estimate of drug-likeness (QED) is 0.691. The largest absolute Gasteiger partial charge is 0.469 e. The molecule has 1 aromatic rings. The number of hydrogen-bond acceptors (Lipinski definition) is 4. The summed E-state index contributed by atoms with van der Waals surface area (Å²) in [5, 5.41) is 0. The van der Waals surface area contributed by atoms with E-state index in [9.17, 15) is 4.79 Å². The molecule has 1 aromatic heterocycles. The average Bonchev–Trinajstić information content (AvgIpc) is 2.60. The van der Waals surface area contributed by atoms with Crippen LogP contribution in [0.25, 0.3) is 0 Å². The number of aromatic nitrogens is 2. The van der Waals surface area contributed by atoms with Crippen molar-refractivity contribution >= 4 is 5.97 Å². The first-order valence-electron chi connectivity index (χ1n) is 4.42. The van der Waals surface area contributed by atoms with E-state index in [1.807, 2.05) is 17.8 Å². The van der Waals surface area contributed by atoms with Crippen LogP contribution in [0.2, 0.25) is 0 Å². The van der Waals surface area contributed by atoms with Gasteiger partial charge in [-0.2, -0.15) is 0 Å². The number of imidazole rings is 1. The van der Waals surface area contributed by atoms with Gasteiger partial charge in [-0.1, -0.05) is 0 Å². The minimum Gasteiger partial charge on any atom is -0.469 e. The first kappa shape index (κ1) is 10.7. The van der Waals surface area contributed by atoms with Gasteiger partial charge in [-0.05, 0) is 0 Å². The molecule has 14 heavy (non-hydrogen) atoms. The predicted octanol–water partition coefficient (Wildman–Crippen LogP) is 0.0255. The van der Waals surface area contributed by atoms with Crippen LogP contribution in [0.4, 0.5) is 0 Å². The highest BCUT2D eigenvalue weighted by atomic mass is 16.5. The van der Waals surface area contributed by atoms with Gasteiger partial charge in [-0.25, -0.2) is 4.98 Å². The molecule has 1 atom stereocenters. The van der Waals surface area contributed by atoms with E-state index < -0.39 is 0 Å². The van der Waals surface area contributed by atoms with E-state index in [-0.39, 0.29) is 18.3 Å². The lowest BCUT2D eigenvalue weighted by Gasteiger charge is -2.09. The third-order valence-corrected chi connectivity index (χ3v) is 2.07. The molecule has 0 saturated heterocycles. The van der Waals surface area contributed by atoms with Crippen LogP contribution in [0.5, 0.6) is 0 Å². The van der Waals surface area contributed by atoms with Gasteiger partial charge in [-0.15, -0.1) is 0 Å². The lowest BCUT2D eigenvalue weighted by molar-refractivity contribution is -0.141. The summed E-state index contributed by atoms with van der Waals surface area (Å²) >= 11 is 0. The Balaban J connectivity index is 2.67. The summed E-state index contributed by atoms with van der Waals surface area (Å²) in [4.78, 5) is 15.2. The standard InChI is InChI=1S/C9H15N3O2/c1-12-5-8(11-6-12)7(4-10)3-9(13)14-2/h5-7H,3-4,10H2,1-2H3. The van der Waals surface area contributed by atoms with E-state index in [0.717, 1.165) is 5.69 Å². The van der Waals surface area contributed by atoms with Crippen LogP contribution in [-0.4, -0.2) is 29.2 Å². The molecule has 0 fully saturated rings. The highest BCUT2D eigenvalue weighted by molar-refractivity contribution is 5.70. The van der Waals surface area contributed by atoms with Crippen molar-refractivity contribution in [3.05, 3.63) is 18.2 Å². The summed E-state index contributed by atoms with van der Waals surface area (Å²) in [5.41, 5.74) is 6.39. The van der Waals surface area contributed by atoms with Crippen molar-refractivity contribution in [2.45, 2.75) is 12.3 Å². The Bertz CT molecular complexity index is 309. The number of aryl methyl sites for hydroxylation is 1. The van der Waals surface area contributed by atoms with Crippen molar-refractivity contribution < 1.29 is 9.53 Å². The molecule has 0 spiro atoms. The Morgan fingerprint density at radius 2 is 2.50 bits per heavy atom. The summed E-state index contributed by atoms with van der Waals surface area (Å²) in [6.07, 6.45) is 3.83. The number of carbonyl (C=O) groups is 1. The normalized spacial score (nSPS) is 12.5. The Kier molecular flexibility index (Phi) is 3.64. The monoisotopic (exact) mass is 197 g/mol. The zero-order chi connectivity index (χ0) is 10.6. The van der Waals surface area contributed by atoms with Crippen LogP contribution in [0.3, 0.4) is 0 Å². The SMILES string of the molecule is COC(=O)CC(CN)c1cn(C)cn1. The lowest BCUT2D eigenvalue weighted by Crippen LogP contribution is -2.17. The van der Waals surface area contributed by atoms with Crippen molar-refractivity contribution in [2.75, 3.05) is 13.7 Å². The molecule has 78 valence electrons. The minimum absolute atomic E-state index is 0.0522. The average molecular weight is 197 g/mol. The van der Waals surface area contributed by atoms with Crippen LogP contribution in [-0.2, 0) is 16.6 Å². The molecule has 1 unspecified atom stereocenters. The molecule has 0 aromatic carbocycles. The van der Waals surface area contributed by atoms with Crippen LogP contribution < -0.4 is 5.73 Å². The Labute approximate surface area is 82.9 Å². The van der Waals surface area contributed by atoms with Gasteiger partial charge in [0.2, 0.25) is 0 Å². The number of ether oxygens (including phenoxy) is 1. The molecule has 0 radical (unpaired) electrons. The second-order valence-corrected chi connectivity index (χ2v) is 3.18. The number of methoxy groups -OCH3 is 1. The van der Waals surface area contributed by atoms with E-state index in [1.54, 1.807) is 6.33 Å². The fraction of sp³-hybridized carbons (Fsp3) is 0.556. The van der Waals surface area contributed by atoms with Crippen molar-refractivity contribution in [3.8, 4) is 0 Å². The Morgan fingerprint density at radius 1 is 1.79 bits per heavy atom. The highest BCUT2D eigenvalue weighted by Gasteiger charge is 2.16. The summed E-state index contributed by atoms with van der Waals surface area (Å²) in [7, 11) is 3.25. The van der Waals surface area contributed by atoms with Crippen molar-refractivity contribution in [2.24, 2.45) is 12.8 Å². The molecule has 0 amide bonds. The van der Waals surface area contributed by atoms with Crippen LogP contribution in [0.1, 0.15) is 18.0 Å². The smallest absolute Gasteiger partial charge is 0.306 e. The molecule has 0 saturated carbocycles. The van der Waals surface area contributed by atoms with Gasteiger partial charge in [-0.3, -0.25) is 4.79 Å². The van der Waals surface area contributed by atoms with Gasteiger partial charge < -0.3 is 15.0 Å². The number of hydrogen-bond donors (Lipinski definition) is 1. The molecule has 0 aliphatic heterocycles. The molecule has 5 heteroatoms. The van der Waals surface area contributed by atoms with Gasteiger partial charge in [0.1, 0.15) is 0 Å². The van der Waals surface area contributed by atoms with E-state index in [2.05, 4.69) is 9.72 Å². The zero-order valence-corrected chi connectivity index (χ0v) is 8.43. The number of nitrogens with two attached hydrogens (primary N) is 1. The van der Waals surface area contributed by atoms with Gasteiger partial charge in [0.05, 0.1) is 25.6 Å². The first-order valence-corrected chi connectivity index (χ1v) is 4.42. The molecule has 0 aliphatic carbocycles. The van der Waals surface area contributed by atoms with Crippen LogP contribution >= 0.6 is 0 Å².